The Hall–Kier alpha value is -2.48. The lowest BCUT2D eigenvalue weighted by molar-refractivity contribution is -0.385. The van der Waals surface area contributed by atoms with Gasteiger partial charge in [0, 0.05) is 17.7 Å². The first-order valence-corrected chi connectivity index (χ1v) is 7.55. The SMILES string of the molecule is CC(C)C(=O)Nc1ccc(Oc2ncc([N+](=O)[O-])cc2Br)cc1. The van der Waals surface area contributed by atoms with Crippen molar-refractivity contribution in [2.24, 2.45) is 5.92 Å². The molecule has 1 aromatic heterocycles. The summed E-state index contributed by atoms with van der Waals surface area (Å²) >= 11 is 3.19. The number of hydrogen-bond donors (Lipinski definition) is 1. The number of carbonyl (C=O) groups excluding carboxylic acids is 1. The molecule has 1 aromatic carbocycles. The van der Waals surface area contributed by atoms with E-state index in [0.29, 0.717) is 15.9 Å². The van der Waals surface area contributed by atoms with E-state index in [1.54, 1.807) is 24.3 Å². The van der Waals surface area contributed by atoms with Gasteiger partial charge in [0.05, 0.1) is 9.40 Å². The van der Waals surface area contributed by atoms with Gasteiger partial charge in [-0.2, -0.15) is 0 Å². The summed E-state index contributed by atoms with van der Waals surface area (Å²) < 4.78 is 5.94. The van der Waals surface area contributed by atoms with Gasteiger partial charge in [0.25, 0.3) is 5.69 Å². The van der Waals surface area contributed by atoms with Crippen LogP contribution in [0.15, 0.2) is 41.0 Å². The molecule has 0 unspecified atom stereocenters. The monoisotopic (exact) mass is 379 g/mol. The first-order chi connectivity index (χ1) is 10.9. The third kappa shape index (κ3) is 4.49. The van der Waals surface area contributed by atoms with Crippen LogP contribution in [0.1, 0.15) is 13.8 Å². The average Bonchev–Trinajstić information content (AvgIpc) is 2.50. The van der Waals surface area contributed by atoms with Gasteiger partial charge in [-0.15, -0.1) is 0 Å². The summed E-state index contributed by atoms with van der Waals surface area (Å²) in [6.07, 6.45) is 1.12. The predicted molar refractivity (Wildman–Crippen MR) is 88.6 cm³/mol. The smallest absolute Gasteiger partial charge is 0.288 e. The van der Waals surface area contributed by atoms with Gasteiger partial charge in [-0.05, 0) is 40.2 Å². The van der Waals surface area contributed by atoms with Gasteiger partial charge in [0.2, 0.25) is 11.8 Å². The lowest BCUT2D eigenvalue weighted by Gasteiger charge is -2.09. The van der Waals surface area contributed by atoms with Crippen LogP contribution in [0.4, 0.5) is 11.4 Å². The molecule has 8 heteroatoms. The molecular formula is C15H14BrN3O4. The van der Waals surface area contributed by atoms with E-state index < -0.39 is 4.92 Å². The number of nitrogens with one attached hydrogen (secondary N) is 1. The first-order valence-electron chi connectivity index (χ1n) is 6.75. The molecule has 0 aliphatic heterocycles. The Morgan fingerprint density at radius 3 is 2.52 bits per heavy atom. The largest absolute Gasteiger partial charge is 0.438 e. The number of carbonyl (C=O) groups is 1. The minimum absolute atomic E-state index is 0.0709. The second-order valence-electron chi connectivity index (χ2n) is 5.01. The maximum Gasteiger partial charge on any atom is 0.288 e. The topological polar surface area (TPSA) is 94.4 Å². The number of pyridine rings is 1. The molecule has 23 heavy (non-hydrogen) atoms. The number of hydrogen-bond acceptors (Lipinski definition) is 5. The maximum absolute atomic E-state index is 11.6. The summed E-state index contributed by atoms with van der Waals surface area (Å²) in [7, 11) is 0. The third-order valence-electron chi connectivity index (χ3n) is 2.86. The van der Waals surface area contributed by atoms with Gasteiger partial charge in [-0.25, -0.2) is 4.98 Å². The first kappa shape index (κ1) is 16.9. The average molecular weight is 380 g/mol. The summed E-state index contributed by atoms with van der Waals surface area (Å²) in [5, 5.41) is 13.4. The van der Waals surface area contributed by atoms with Crippen LogP contribution in [0.25, 0.3) is 0 Å². The fraction of sp³-hybridized carbons (Fsp3) is 0.200. The van der Waals surface area contributed by atoms with Gasteiger partial charge >= 0.3 is 0 Å². The van der Waals surface area contributed by atoms with E-state index in [-0.39, 0.29) is 23.4 Å². The minimum atomic E-state index is -0.534. The molecule has 1 heterocycles. The van der Waals surface area contributed by atoms with E-state index in [0.717, 1.165) is 6.20 Å². The van der Waals surface area contributed by atoms with Crippen molar-refractivity contribution in [1.29, 1.82) is 0 Å². The molecule has 0 saturated heterocycles. The zero-order chi connectivity index (χ0) is 17.0. The van der Waals surface area contributed by atoms with Gasteiger partial charge in [0.1, 0.15) is 11.9 Å². The van der Waals surface area contributed by atoms with Gasteiger partial charge < -0.3 is 10.1 Å². The standard InChI is InChI=1S/C15H14BrN3O4/c1-9(2)14(20)18-10-3-5-12(6-4-10)23-15-13(16)7-11(8-17-15)19(21)22/h3-9H,1-2H3,(H,18,20). The summed E-state index contributed by atoms with van der Waals surface area (Å²) in [5.41, 5.74) is 0.530. The molecule has 0 aliphatic rings. The molecule has 1 N–H and O–H groups in total. The Balaban J connectivity index is 2.09. The number of aromatic nitrogens is 1. The Bertz CT molecular complexity index is 732. The third-order valence-corrected chi connectivity index (χ3v) is 3.43. The number of nitrogens with zero attached hydrogens (tertiary/aromatic N) is 2. The van der Waals surface area contributed by atoms with Gasteiger partial charge in [0.15, 0.2) is 0 Å². The maximum atomic E-state index is 11.6. The lowest BCUT2D eigenvalue weighted by atomic mass is 10.2. The van der Waals surface area contributed by atoms with Gasteiger partial charge in [-0.3, -0.25) is 14.9 Å². The van der Waals surface area contributed by atoms with Crippen LogP contribution in [0.2, 0.25) is 0 Å². The molecule has 0 bridgehead atoms. The molecule has 0 spiro atoms. The van der Waals surface area contributed by atoms with E-state index in [2.05, 4.69) is 26.2 Å². The summed E-state index contributed by atoms with van der Waals surface area (Å²) in [5.74, 6) is 0.536. The van der Waals surface area contributed by atoms with E-state index in [1.807, 2.05) is 13.8 Å². The van der Waals surface area contributed by atoms with Crippen LogP contribution in [0, 0.1) is 16.0 Å². The summed E-state index contributed by atoms with van der Waals surface area (Å²) in [6.45, 7) is 3.62. The number of benzene rings is 1. The van der Waals surface area contributed by atoms with E-state index in [4.69, 9.17) is 4.74 Å². The number of rotatable bonds is 5. The van der Waals surface area contributed by atoms with Crippen molar-refractivity contribution in [3.63, 3.8) is 0 Å². The highest BCUT2D eigenvalue weighted by molar-refractivity contribution is 9.10. The number of nitro groups is 1. The van der Waals surface area contributed by atoms with Crippen LogP contribution in [-0.4, -0.2) is 15.8 Å². The van der Waals surface area contributed by atoms with Crippen LogP contribution < -0.4 is 10.1 Å². The van der Waals surface area contributed by atoms with Crippen molar-refractivity contribution in [1.82, 2.24) is 4.98 Å². The zero-order valence-electron chi connectivity index (χ0n) is 12.4. The van der Waals surface area contributed by atoms with Crippen LogP contribution in [-0.2, 0) is 4.79 Å². The van der Waals surface area contributed by atoms with E-state index >= 15 is 0 Å². The van der Waals surface area contributed by atoms with Crippen molar-refractivity contribution in [2.75, 3.05) is 5.32 Å². The number of amides is 1. The quantitative estimate of drug-likeness (QED) is 0.622. The Labute approximate surface area is 141 Å². The molecule has 0 aliphatic carbocycles. The number of ether oxygens (including phenoxy) is 1. The Kier molecular flexibility index (Phi) is 5.28. The van der Waals surface area contributed by atoms with Crippen LogP contribution in [0.3, 0.4) is 0 Å². The fourth-order valence-electron chi connectivity index (χ4n) is 1.59. The normalized spacial score (nSPS) is 10.4. The van der Waals surface area contributed by atoms with Gasteiger partial charge in [-0.1, -0.05) is 13.8 Å². The van der Waals surface area contributed by atoms with Crippen molar-refractivity contribution in [3.8, 4) is 11.6 Å². The van der Waals surface area contributed by atoms with Crippen molar-refractivity contribution < 1.29 is 14.5 Å². The number of halogens is 1. The van der Waals surface area contributed by atoms with Crippen molar-refractivity contribution in [3.05, 3.63) is 51.1 Å². The molecular weight excluding hydrogens is 366 g/mol. The predicted octanol–water partition coefficient (Wildman–Crippen LogP) is 4.14. The van der Waals surface area contributed by atoms with E-state index in [1.165, 1.54) is 6.07 Å². The fourth-order valence-corrected chi connectivity index (χ4v) is 2.01. The molecule has 0 radical (unpaired) electrons. The number of anilines is 1. The second-order valence-corrected chi connectivity index (χ2v) is 5.86. The summed E-state index contributed by atoms with van der Waals surface area (Å²) in [6, 6.07) is 8.07. The highest BCUT2D eigenvalue weighted by Crippen LogP contribution is 2.30. The highest BCUT2D eigenvalue weighted by atomic mass is 79.9. The minimum Gasteiger partial charge on any atom is -0.438 e. The highest BCUT2D eigenvalue weighted by Gasteiger charge is 2.12. The molecule has 2 rings (SSSR count). The second kappa shape index (κ2) is 7.19. The molecule has 7 nitrogen and oxygen atoms in total. The van der Waals surface area contributed by atoms with Crippen molar-refractivity contribution in [2.45, 2.75) is 13.8 Å². The molecule has 120 valence electrons. The lowest BCUT2D eigenvalue weighted by Crippen LogP contribution is -2.17. The zero-order valence-corrected chi connectivity index (χ0v) is 14.0. The molecule has 0 atom stereocenters. The van der Waals surface area contributed by atoms with Crippen molar-refractivity contribution >= 4 is 33.2 Å². The molecule has 0 saturated carbocycles. The summed E-state index contributed by atoms with van der Waals surface area (Å²) in [4.78, 5) is 25.6. The molecule has 0 fully saturated rings. The van der Waals surface area contributed by atoms with Crippen LogP contribution >= 0.6 is 15.9 Å². The Morgan fingerprint density at radius 1 is 1.35 bits per heavy atom. The van der Waals surface area contributed by atoms with Crippen LogP contribution in [0.5, 0.6) is 11.6 Å². The molecule has 1 amide bonds. The Morgan fingerprint density at radius 2 is 2.00 bits per heavy atom. The van der Waals surface area contributed by atoms with E-state index in [9.17, 15) is 14.9 Å². The molecule has 2 aromatic rings.